The first kappa shape index (κ1) is 14.4. The molecule has 0 aliphatic heterocycles. The average molecular weight is 265 g/mol. The van der Waals surface area contributed by atoms with E-state index in [4.69, 9.17) is 5.73 Å². The van der Waals surface area contributed by atoms with Crippen LogP contribution in [0, 0.1) is 11.7 Å². The quantitative estimate of drug-likeness (QED) is 0.890. The van der Waals surface area contributed by atoms with Crippen LogP contribution in [0.1, 0.15) is 44.3 Å². The number of aromatic nitrogens is 1. The molecule has 19 heavy (non-hydrogen) atoms. The Balaban J connectivity index is 2.14. The van der Waals surface area contributed by atoms with Crippen LogP contribution in [0.3, 0.4) is 0 Å². The van der Waals surface area contributed by atoms with Crippen molar-refractivity contribution in [3.05, 3.63) is 29.8 Å². The van der Waals surface area contributed by atoms with Crippen LogP contribution in [-0.2, 0) is 0 Å². The van der Waals surface area contributed by atoms with Gasteiger partial charge in [-0.05, 0) is 50.9 Å². The van der Waals surface area contributed by atoms with Crippen LogP contribution < -0.4 is 5.73 Å². The maximum absolute atomic E-state index is 13.0. The summed E-state index contributed by atoms with van der Waals surface area (Å²) in [5.74, 6) is 0.307. The van der Waals surface area contributed by atoms with Crippen molar-refractivity contribution in [2.75, 3.05) is 13.6 Å². The highest BCUT2D eigenvalue weighted by molar-refractivity contribution is 5.10. The second-order valence-corrected chi connectivity index (χ2v) is 5.48. The Morgan fingerprint density at radius 3 is 2.84 bits per heavy atom. The van der Waals surface area contributed by atoms with Gasteiger partial charge < -0.3 is 5.73 Å². The minimum Gasteiger partial charge on any atom is -0.330 e. The van der Waals surface area contributed by atoms with E-state index in [1.54, 1.807) is 6.07 Å². The van der Waals surface area contributed by atoms with Crippen molar-refractivity contribution in [1.82, 2.24) is 9.88 Å². The summed E-state index contributed by atoms with van der Waals surface area (Å²) >= 11 is 0. The van der Waals surface area contributed by atoms with Crippen LogP contribution in [0.15, 0.2) is 18.3 Å². The Labute approximate surface area is 115 Å². The Kier molecular flexibility index (Phi) is 4.88. The first-order chi connectivity index (χ1) is 9.17. The van der Waals surface area contributed by atoms with Gasteiger partial charge in [0.1, 0.15) is 5.82 Å². The summed E-state index contributed by atoms with van der Waals surface area (Å²) in [6, 6.07) is 4.07. The van der Waals surface area contributed by atoms with Crippen LogP contribution in [-0.4, -0.2) is 29.5 Å². The van der Waals surface area contributed by atoms with Gasteiger partial charge in [-0.2, -0.15) is 0 Å². The van der Waals surface area contributed by atoms with Gasteiger partial charge in [-0.1, -0.05) is 13.3 Å². The molecule has 0 radical (unpaired) electrons. The molecule has 1 aliphatic rings. The van der Waals surface area contributed by atoms with Gasteiger partial charge in [0, 0.05) is 6.04 Å². The Bertz CT molecular complexity index is 393. The highest BCUT2D eigenvalue weighted by Gasteiger charge is 2.33. The van der Waals surface area contributed by atoms with E-state index in [2.05, 4.69) is 23.9 Å². The number of halogens is 1. The minimum atomic E-state index is -0.276. The summed E-state index contributed by atoms with van der Waals surface area (Å²) in [4.78, 5) is 6.64. The Morgan fingerprint density at radius 1 is 1.47 bits per heavy atom. The van der Waals surface area contributed by atoms with Crippen LogP contribution in [0.4, 0.5) is 4.39 Å². The number of hydrogen-bond donors (Lipinski definition) is 1. The second kappa shape index (κ2) is 6.44. The maximum Gasteiger partial charge on any atom is 0.141 e. The number of hydrogen-bond acceptors (Lipinski definition) is 3. The predicted molar refractivity (Wildman–Crippen MR) is 75.2 cm³/mol. The third kappa shape index (κ3) is 3.12. The molecular formula is C15H24FN3. The maximum atomic E-state index is 13.0. The van der Waals surface area contributed by atoms with Crippen molar-refractivity contribution in [2.45, 2.75) is 44.7 Å². The molecule has 2 rings (SSSR count). The highest BCUT2D eigenvalue weighted by Crippen LogP contribution is 2.34. The van der Waals surface area contributed by atoms with Gasteiger partial charge in [-0.25, -0.2) is 4.39 Å². The van der Waals surface area contributed by atoms with Gasteiger partial charge >= 0.3 is 0 Å². The van der Waals surface area contributed by atoms with Crippen LogP contribution in [0.2, 0.25) is 0 Å². The molecule has 0 spiro atoms. The highest BCUT2D eigenvalue weighted by atomic mass is 19.1. The molecule has 3 unspecified atom stereocenters. The molecule has 1 saturated carbocycles. The van der Waals surface area contributed by atoms with E-state index >= 15 is 0 Å². The molecule has 1 heterocycles. The number of nitrogens with two attached hydrogens (primary N) is 1. The molecule has 1 aromatic rings. The smallest absolute Gasteiger partial charge is 0.141 e. The standard InChI is InChI=1S/C15H24FN3/c1-3-14(13-8-7-12(16)10-18-13)19(2)15-6-4-5-11(15)9-17/h7-8,10-11,14-15H,3-6,9,17H2,1-2H3. The van der Waals surface area contributed by atoms with Crippen molar-refractivity contribution in [1.29, 1.82) is 0 Å². The van der Waals surface area contributed by atoms with E-state index < -0.39 is 0 Å². The zero-order valence-corrected chi connectivity index (χ0v) is 11.8. The lowest BCUT2D eigenvalue weighted by atomic mass is 9.99. The molecule has 4 heteroatoms. The zero-order chi connectivity index (χ0) is 13.8. The SMILES string of the molecule is CCC(c1ccc(F)cn1)N(C)C1CCCC1CN. The van der Waals surface area contributed by atoms with Crippen LogP contribution >= 0.6 is 0 Å². The summed E-state index contributed by atoms with van der Waals surface area (Å²) < 4.78 is 13.0. The molecule has 2 N–H and O–H groups in total. The van der Waals surface area contributed by atoms with Crippen molar-refractivity contribution >= 4 is 0 Å². The third-order valence-corrected chi connectivity index (χ3v) is 4.41. The Morgan fingerprint density at radius 2 is 2.26 bits per heavy atom. The monoisotopic (exact) mass is 265 g/mol. The minimum absolute atomic E-state index is 0.248. The lowest BCUT2D eigenvalue weighted by Gasteiger charge is -2.35. The van der Waals surface area contributed by atoms with E-state index in [0.717, 1.165) is 18.7 Å². The van der Waals surface area contributed by atoms with E-state index in [1.165, 1.54) is 31.5 Å². The number of rotatable bonds is 5. The summed E-state index contributed by atoms with van der Waals surface area (Å²) in [5.41, 5.74) is 6.82. The first-order valence-corrected chi connectivity index (χ1v) is 7.20. The van der Waals surface area contributed by atoms with Gasteiger partial charge in [0.25, 0.3) is 0 Å². The lowest BCUT2D eigenvalue weighted by molar-refractivity contribution is 0.136. The molecule has 1 aliphatic carbocycles. The first-order valence-electron chi connectivity index (χ1n) is 7.20. The van der Waals surface area contributed by atoms with Crippen molar-refractivity contribution < 1.29 is 4.39 Å². The topological polar surface area (TPSA) is 42.2 Å². The predicted octanol–water partition coefficient (Wildman–Crippen LogP) is 2.73. The molecule has 3 atom stereocenters. The fourth-order valence-corrected chi connectivity index (χ4v) is 3.35. The second-order valence-electron chi connectivity index (χ2n) is 5.48. The third-order valence-electron chi connectivity index (χ3n) is 4.41. The molecule has 3 nitrogen and oxygen atoms in total. The fourth-order valence-electron chi connectivity index (χ4n) is 3.35. The average Bonchev–Trinajstić information content (AvgIpc) is 2.90. The van der Waals surface area contributed by atoms with Crippen LogP contribution in [0.25, 0.3) is 0 Å². The van der Waals surface area contributed by atoms with Crippen molar-refractivity contribution in [3.8, 4) is 0 Å². The molecule has 0 bridgehead atoms. The van der Waals surface area contributed by atoms with Gasteiger partial charge in [0.15, 0.2) is 0 Å². The summed E-state index contributed by atoms with van der Waals surface area (Å²) in [6.07, 6.45) is 5.96. The normalized spacial score (nSPS) is 24.9. The van der Waals surface area contributed by atoms with E-state index in [9.17, 15) is 4.39 Å². The van der Waals surface area contributed by atoms with Crippen molar-refractivity contribution in [2.24, 2.45) is 11.7 Å². The largest absolute Gasteiger partial charge is 0.330 e. The zero-order valence-electron chi connectivity index (χ0n) is 11.8. The molecule has 1 aromatic heterocycles. The molecular weight excluding hydrogens is 241 g/mol. The van der Waals surface area contributed by atoms with E-state index in [0.29, 0.717) is 12.0 Å². The van der Waals surface area contributed by atoms with Crippen molar-refractivity contribution in [3.63, 3.8) is 0 Å². The summed E-state index contributed by atoms with van der Waals surface area (Å²) in [7, 11) is 2.15. The van der Waals surface area contributed by atoms with Gasteiger partial charge in [0.2, 0.25) is 0 Å². The van der Waals surface area contributed by atoms with E-state index in [-0.39, 0.29) is 11.9 Å². The summed E-state index contributed by atoms with van der Waals surface area (Å²) in [6.45, 7) is 2.90. The molecule has 0 amide bonds. The van der Waals surface area contributed by atoms with E-state index in [1.807, 2.05) is 0 Å². The lowest BCUT2D eigenvalue weighted by Crippen LogP contribution is -2.40. The number of pyridine rings is 1. The van der Waals surface area contributed by atoms with Crippen LogP contribution in [0.5, 0.6) is 0 Å². The molecule has 0 aromatic carbocycles. The Hall–Kier alpha value is -1.00. The molecule has 1 fully saturated rings. The van der Waals surface area contributed by atoms with Gasteiger partial charge in [-0.15, -0.1) is 0 Å². The summed E-state index contributed by atoms with van der Waals surface area (Å²) in [5, 5.41) is 0. The van der Waals surface area contributed by atoms with Gasteiger partial charge in [-0.3, -0.25) is 9.88 Å². The molecule has 106 valence electrons. The molecule has 0 saturated heterocycles. The van der Waals surface area contributed by atoms with Gasteiger partial charge in [0.05, 0.1) is 17.9 Å². The number of nitrogens with zero attached hydrogens (tertiary/aromatic N) is 2. The fraction of sp³-hybridized carbons (Fsp3) is 0.667.